The summed E-state index contributed by atoms with van der Waals surface area (Å²) in [6.45, 7) is 12.5. The molecule has 2 aromatic carbocycles. The standard InChI is InChI=1S/2C19H22FN3O3.Co/c2*1-2-21-5-7-22(8-6-21)17-10-16-13(9-15(17)20)18(24)14(19(25)26)11-23(16)12-3-4-12;/h2*9-12H,2-8H2,1H3,(H,25,26);/q;;+2/p-2. The minimum Gasteiger partial charge on any atom is -0.545 e. The smallest absolute Gasteiger partial charge is 0.545 e. The Labute approximate surface area is 315 Å². The number of hydrogen-bond acceptors (Lipinski definition) is 10. The fourth-order valence-electron chi connectivity index (χ4n) is 7.41. The fraction of sp³-hybridized carbons (Fsp3) is 0.474. The first-order valence-corrected chi connectivity index (χ1v) is 18.1. The van der Waals surface area contributed by atoms with E-state index in [9.17, 15) is 38.2 Å². The van der Waals surface area contributed by atoms with E-state index in [0.717, 1.165) is 91.1 Å². The summed E-state index contributed by atoms with van der Waals surface area (Å²) >= 11 is 0. The maximum Gasteiger partial charge on any atom is 2.00 e. The van der Waals surface area contributed by atoms with Gasteiger partial charge in [0.15, 0.2) is 10.9 Å². The van der Waals surface area contributed by atoms with Crippen molar-refractivity contribution in [3.63, 3.8) is 0 Å². The number of carbonyl (C=O) groups excluding carboxylic acids is 2. The maximum absolute atomic E-state index is 14.8. The van der Waals surface area contributed by atoms with Gasteiger partial charge in [-0.1, -0.05) is 13.8 Å². The Bertz CT molecular complexity index is 2020. The zero-order valence-electron chi connectivity index (χ0n) is 29.7. The normalized spacial score (nSPS) is 18.1. The van der Waals surface area contributed by atoms with Crippen molar-refractivity contribution in [2.24, 2.45) is 0 Å². The van der Waals surface area contributed by atoms with E-state index in [1.807, 2.05) is 9.80 Å². The van der Waals surface area contributed by atoms with Crippen LogP contribution in [0.4, 0.5) is 20.2 Å². The summed E-state index contributed by atoms with van der Waals surface area (Å²) in [5, 5.41) is 22.8. The number of hydrogen-bond donors (Lipinski definition) is 0. The number of aromatic nitrogens is 2. The molecule has 4 aliphatic rings. The molecule has 12 nitrogen and oxygen atoms in total. The number of piperazine rings is 2. The largest absolute Gasteiger partial charge is 2.00 e. The van der Waals surface area contributed by atoms with E-state index in [4.69, 9.17) is 0 Å². The number of carboxylic acids is 2. The molecule has 0 unspecified atom stereocenters. The van der Waals surface area contributed by atoms with E-state index in [1.54, 1.807) is 21.3 Å². The SMILES string of the molecule is CCN1CCN(c2cc3c(cc2F)c(=O)c(C(=O)[O-])cn3C2CC2)CC1.CCN1CCN(c2cc3c(cc2F)c(=O)c(C(=O)[O-])cn3C2CC2)CC1.[Co+2]. The van der Waals surface area contributed by atoms with Gasteiger partial charge in [0, 0.05) is 87.6 Å². The molecular weight excluding hydrogens is 733 g/mol. The molecule has 2 saturated carbocycles. The average Bonchev–Trinajstić information content (AvgIpc) is 4.07. The van der Waals surface area contributed by atoms with Crippen LogP contribution in [0.25, 0.3) is 21.8 Å². The average molecular weight is 776 g/mol. The van der Waals surface area contributed by atoms with Gasteiger partial charge in [0.1, 0.15) is 11.6 Å². The Morgan fingerprint density at radius 3 is 1.25 bits per heavy atom. The third-order valence-electron chi connectivity index (χ3n) is 10.8. The monoisotopic (exact) mass is 775 g/mol. The Morgan fingerprint density at radius 1 is 0.623 bits per heavy atom. The number of benzene rings is 2. The molecule has 0 amide bonds. The number of fused-ring (bicyclic) bond motifs is 2. The molecular formula is C38H42CoF2N6O6. The molecule has 1 radical (unpaired) electrons. The molecule has 15 heteroatoms. The van der Waals surface area contributed by atoms with Crippen LogP contribution < -0.4 is 30.9 Å². The van der Waals surface area contributed by atoms with E-state index in [1.165, 1.54) is 24.5 Å². The Hall–Kier alpha value is -4.31. The molecule has 0 spiro atoms. The van der Waals surface area contributed by atoms with Gasteiger partial charge in [-0.15, -0.1) is 0 Å². The molecule has 0 bridgehead atoms. The van der Waals surface area contributed by atoms with Crippen LogP contribution in [0.3, 0.4) is 0 Å². The van der Waals surface area contributed by atoms with Gasteiger partial charge in [-0.3, -0.25) is 9.59 Å². The Balaban J connectivity index is 0.000000178. The van der Waals surface area contributed by atoms with Gasteiger partial charge in [-0.2, -0.15) is 0 Å². The number of anilines is 2. The topological polar surface area (TPSA) is 137 Å². The van der Waals surface area contributed by atoms with Crippen LogP contribution in [0, 0.1) is 11.6 Å². The van der Waals surface area contributed by atoms with E-state index in [2.05, 4.69) is 23.6 Å². The minimum atomic E-state index is -1.52. The first-order chi connectivity index (χ1) is 25.0. The van der Waals surface area contributed by atoms with Gasteiger partial charge in [-0.25, -0.2) is 8.78 Å². The van der Waals surface area contributed by atoms with Crippen molar-refractivity contribution < 1.29 is 45.4 Å². The zero-order chi connectivity index (χ0) is 36.8. The van der Waals surface area contributed by atoms with Crippen LogP contribution >= 0.6 is 0 Å². The van der Waals surface area contributed by atoms with Gasteiger partial charge in [0.25, 0.3) is 0 Å². The molecule has 2 saturated heterocycles. The molecule has 0 N–H and O–H groups in total. The molecule has 283 valence electrons. The van der Waals surface area contributed by atoms with Crippen molar-refractivity contribution in [3.05, 3.63) is 79.9 Å². The summed E-state index contributed by atoms with van der Waals surface area (Å²) in [5.41, 5.74) is -0.0438. The molecule has 4 heterocycles. The predicted molar refractivity (Wildman–Crippen MR) is 190 cm³/mol. The van der Waals surface area contributed by atoms with Crippen LogP contribution in [0.5, 0.6) is 0 Å². The second-order valence-corrected chi connectivity index (χ2v) is 14.1. The number of pyridine rings is 2. The van der Waals surface area contributed by atoms with Gasteiger partial charge in [0.05, 0.1) is 45.5 Å². The Morgan fingerprint density at radius 2 is 0.962 bits per heavy atom. The van der Waals surface area contributed by atoms with Crippen molar-refractivity contribution in [1.82, 2.24) is 18.9 Å². The third kappa shape index (κ3) is 7.70. The van der Waals surface area contributed by atoms with E-state index in [0.29, 0.717) is 22.4 Å². The summed E-state index contributed by atoms with van der Waals surface area (Å²) in [5.74, 6) is -4.02. The maximum atomic E-state index is 14.8. The first-order valence-electron chi connectivity index (χ1n) is 18.1. The van der Waals surface area contributed by atoms with Crippen molar-refractivity contribution in [1.29, 1.82) is 0 Å². The number of carboxylic acid groups (broad SMARTS) is 2. The summed E-state index contributed by atoms with van der Waals surface area (Å²) in [6, 6.07) is 6.09. The number of likely N-dealkylation sites (N-methyl/N-ethyl adjacent to an activating group) is 2. The van der Waals surface area contributed by atoms with Crippen LogP contribution in [0.15, 0.2) is 46.2 Å². The second-order valence-electron chi connectivity index (χ2n) is 14.1. The van der Waals surface area contributed by atoms with Gasteiger partial charge < -0.3 is 48.5 Å². The number of carbonyl (C=O) groups is 2. The summed E-state index contributed by atoms with van der Waals surface area (Å²) in [4.78, 5) is 56.1. The van der Waals surface area contributed by atoms with Crippen molar-refractivity contribution >= 4 is 45.1 Å². The molecule has 2 aliphatic carbocycles. The zero-order valence-corrected chi connectivity index (χ0v) is 30.8. The molecule has 0 atom stereocenters. The van der Waals surface area contributed by atoms with Crippen LogP contribution in [0.2, 0.25) is 0 Å². The molecule has 2 aliphatic heterocycles. The quantitative estimate of drug-likeness (QED) is 0.262. The summed E-state index contributed by atoms with van der Waals surface area (Å²) in [7, 11) is 0. The van der Waals surface area contributed by atoms with E-state index in [-0.39, 0.29) is 39.6 Å². The van der Waals surface area contributed by atoms with Crippen LogP contribution in [-0.4, -0.2) is 96.3 Å². The van der Waals surface area contributed by atoms with E-state index >= 15 is 0 Å². The summed E-state index contributed by atoms with van der Waals surface area (Å²) < 4.78 is 33.2. The molecule has 2 aromatic heterocycles. The predicted octanol–water partition coefficient (Wildman–Crippen LogP) is 1.96. The number of aromatic carboxylic acids is 2. The first kappa shape index (κ1) is 38.4. The third-order valence-corrected chi connectivity index (χ3v) is 10.8. The molecule has 53 heavy (non-hydrogen) atoms. The fourth-order valence-corrected chi connectivity index (χ4v) is 7.41. The second kappa shape index (κ2) is 15.6. The van der Waals surface area contributed by atoms with Gasteiger partial charge >= 0.3 is 16.8 Å². The molecule has 4 fully saturated rings. The molecule has 8 rings (SSSR count). The van der Waals surface area contributed by atoms with Crippen LogP contribution in [-0.2, 0) is 16.8 Å². The van der Waals surface area contributed by atoms with Crippen molar-refractivity contribution in [2.75, 3.05) is 75.2 Å². The van der Waals surface area contributed by atoms with Crippen LogP contribution in [0.1, 0.15) is 72.3 Å². The number of halogens is 2. The number of rotatable bonds is 8. The van der Waals surface area contributed by atoms with Crippen molar-refractivity contribution in [3.8, 4) is 0 Å². The Kier molecular flexibility index (Phi) is 11.3. The van der Waals surface area contributed by atoms with Gasteiger partial charge in [0.2, 0.25) is 0 Å². The van der Waals surface area contributed by atoms with Gasteiger partial charge in [-0.05, 0) is 63.0 Å². The number of nitrogens with zero attached hydrogens (tertiary/aromatic N) is 6. The van der Waals surface area contributed by atoms with Crippen molar-refractivity contribution in [2.45, 2.75) is 51.6 Å². The molecule has 4 aromatic rings. The minimum absolute atomic E-state index is 0. The van der Waals surface area contributed by atoms with E-state index < -0.39 is 45.6 Å². The summed E-state index contributed by atoms with van der Waals surface area (Å²) in [6.07, 6.45) is 6.40.